The molecule has 0 aromatic heterocycles. The van der Waals surface area contributed by atoms with Crippen LogP contribution in [0, 0.1) is 0 Å². The van der Waals surface area contributed by atoms with E-state index in [2.05, 4.69) is 5.10 Å². The van der Waals surface area contributed by atoms with Crippen LogP contribution in [0.5, 0.6) is 5.75 Å². The molecule has 5 heteroatoms. The van der Waals surface area contributed by atoms with Crippen molar-refractivity contribution in [3.63, 3.8) is 0 Å². The van der Waals surface area contributed by atoms with Gasteiger partial charge in [-0.1, -0.05) is 72.3 Å². The lowest BCUT2D eigenvalue weighted by molar-refractivity contribution is -0.127. The van der Waals surface area contributed by atoms with Crippen LogP contribution in [0.4, 0.5) is 0 Å². The minimum atomic E-state index is -0.380. The number of hydrogen-bond acceptors (Lipinski definition) is 3. The van der Waals surface area contributed by atoms with E-state index in [0.29, 0.717) is 17.0 Å². The number of hydrazone groups is 1. The fourth-order valence-corrected chi connectivity index (χ4v) is 3.48. The monoisotopic (exact) mass is 402 g/mol. The smallest absolute Gasteiger partial charge is 0.267 e. The van der Waals surface area contributed by atoms with Crippen molar-refractivity contribution in [2.75, 3.05) is 0 Å². The van der Waals surface area contributed by atoms with E-state index in [9.17, 15) is 9.90 Å². The lowest BCUT2D eigenvalue weighted by Gasteiger charge is -2.21. The van der Waals surface area contributed by atoms with E-state index >= 15 is 0 Å². The predicted octanol–water partition coefficient (Wildman–Crippen LogP) is 5.44. The van der Waals surface area contributed by atoms with Crippen LogP contribution in [0.15, 0.2) is 90.0 Å². The minimum Gasteiger partial charge on any atom is -0.508 e. The number of phenolic OH excluding ortho intramolecular Hbond substituents is 1. The van der Waals surface area contributed by atoms with E-state index < -0.39 is 0 Å². The lowest BCUT2D eigenvalue weighted by Crippen LogP contribution is -2.25. The molecule has 0 bridgehead atoms. The van der Waals surface area contributed by atoms with Crippen LogP contribution in [0.2, 0.25) is 5.02 Å². The van der Waals surface area contributed by atoms with E-state index in [4.69, 9.17) is 11.6 Å². The molecular weight excluding hydrogens is 384 g/mol. The predicted molar refractivity (Wildman–Crippen MR) is 116 cm³/mol. The first-order chi connectivity index (χ1) is 14.1. The van der Waals surface area contributed by atoms with Crippen LogP contribution in [-0.4, -0.2) is 21.7 Å². The van der Waals surface area contributed by atoms with Crippen LogP contribution in [0.1, 0.15) is 29.2 Å². The molecule has 1 heterocycles. The van der Waals surface area contributed by atoms with Crippen LogP contribution < -0.4 is 0 Å². The third kappa shape index (κ3) is 4.23. The third-order valence-corrected chi connectivity index (χ3v) is 5.08. The number of rotatable bonds is 4. The molecule has 4 nitrogen and oxygen atoms in total. The normalized spacial score (nSPS) is 16.2. The molecule has 1 amide bonds. The van der Waals surface area contributed by atoms with Gasteiger partial charge in [0.1, 0.15) is 5.75 Å². The molecule has 0 aliphatic carbocycles. The summed E-state index contributed by atoms with van der Waals surface area (Å²) in [5.41, 5.74) is 3.27. The average Bonchev–Trinajstić information content (AvgIpc) is 3.19. The molecule has 144 valence electrons. The average molecular weight is 403 g/mol. The molecule has 1 atom stereocenters. The highest BCUT2D eigenvalue weighted by molar-refractivity contribution is 6.30. The molecule has 0 fully saturated rings. The first kappa shape index (κ1) is 19.0. The van der Waals surface area contributed by atoms with E-state index in [1.807, 2.05) is 54.6 Å². The Bertz CT molecular complexity index is 1080. The summed E-state index contributed by atoms with van der Waals surface area (Å²) >= 11 is 6.00. The maximum Gasteiger partial charge on any atom is 0.267 e. The van der Waals surface area contributed by atoms with Gasteiger partial charge in [-0.05, 0) is 35.4 Å². The van der Waals surface area contributed by atoms with Gasteiger partial charge in [-0.15, -0.1) is 0 Å². The zero-order chi connectivity index (χ0) is 20.2. The second-order valence-electron chi connectivity index (χ2n) is 6.76. The number of carbonyl (C=O) groups excluding carboxylic acids is 1. The molecule has 0 spiro atoms. The van der Waals surface area contributed by atoms with E-state index in [0.717, 1.165) is 16.8 Å². The van der Waals surface area contributed by atoms with Gasteiger partial charge in [0.2, 0.25) is 0 Å². The van der Waals surface area contributed by atoms with Crippen LogP contribution in [0.3, 0.4) is 0 Å². The van der Waals surface area contributed by atoms with E-state index in [1.54, 1.807) is 30.3 Å². The fraction of sp³-hybridized carbons (Fsp3) is 0.0833. The SMILES string of the molecule is O=C(/C=C/c1ccccc1)N1N=C(c2ccc(Cl)cc2)C[C@@H]1c1ccccc1O. The van der Waals surface area contributed by atoms with Crippen LogP contribution in [0.25, 0.3) is 6.08 Å². The van der Waals surface area contributed by atoms with Crippen molar-refractivity contribution in [3.05, 3.63) is 107 Å². The number of amides is 1. The topological polar surface area (TPSA) is 52.9 Å². The third-order valence-electron chi connectivity index (χ3n) is 4.83. The first-order valence-electron chi connectivity index (χ1n) is 9.29. The molecule has 1 aliphatic heterocycles. The van der Waals surface area contributed by atoms with Gasteiger partial charge < -0.3 is 5.11 Å². The number of phenols is 1. The number of aromatic hydroxyl groups is 1. The standard InChI is InChI=1S/C24H19ClN2O2/c25-19-13-11-18(12-14-19)21-16-22(20-8-4-5-9-23(20)28)27(26-21)24(29)15-10-17-6-2-1-3-7-17/h1-15,22,28H,16H2/b15-10+/t22-/m1/s1. The molecule has 3 aromatic rings. The maximum absolute atomic E-state index is 13.0. The van der Waals surface area contributed by atoms with Crippen molar-refractivity contribution in [2.24, 2.45) is 5.10 Å². The van der Waals surface area contributed by atoms with Gasteiger partial charge in [0.05, 0.1) is 11.8 Å². The molecule has 1 aliphatic rings. The Morgan fingerprint density at radius 1 is 1.00 bits per heavy atom. The summed E-state index contributed by atoms with van der Waals surface area (Å²) in [6, 6.07) is 23.7. The van der Waals surface area contributed by atoms with E-state index in [1.165, 1.54) is 11.1 Å². The van der Waals surface area contributed by atoms with Crippen molar-refractivity contribution in [1.82, 2.24) is 5.01 Å². The zero-order valence-corrected chi connectivity index (χ0v) is 16.3. The van der Waals surface area contributed by atoms with Crippen molar-refractivity contribution < 1.29 is 9.90 Å². The Kier molecular flexibility index (Phi) is 5.45. The molecule has 1 N–H and O–H groups in total. The number of halogens is 1. The second kappa shape index (κ2) is 8.33. The number of nitrogens with zero attached hydrogens (tertiary/aromatic N) is 2. The zero-order valence-electron chi connectivity index (χ0n) is 15.6. The Hall–Kier alpha value is -3.37. The highest BCUT2D eigenvalue weighted by atomic mass is 35.5. The first-order valence-corrected chi connectivity index (χ1v) is 9.67. The Morgan fingerprint density at radius 3 is 2.41 bits per heavy atom. The summed E-state index contributed by atoms with van der Waals surface area (Å²) in [7, 11) is 0. The Labute approximate surface area is 174 Å². The van der Waals surface area contributed by atoms with Crippen LogP contribution >= 0.6 is 11.6 Å². The molecule has 0 saturated carbocycles. The number of carbonyl (C=O) groups is 1. The summed E-state index contributed by atoms with van der Waals surface area (Å²) in [4.78, 5) is 13.0. The number of para-hydroxylation sites is 1. The summed E-state index contributed by atoms with van der Waals surface area (Å²) < 4.78 is 0. The maximum atomic E-state index is 13.0. The van der Waals surface area contributed by atoms with Crippen molar-refractivity contribution in [2.45, 2.75) is 12.5 Å². The molecule has 3 aromatic carbocycles. The Morgan fingerprint density at radius 2 is 1.69 bits per heavy atom. The summed E-state index contributed by atoms with van der Waals surface area (Å²) in [6.07, 6.45) is 3.78. The van der Waals surface area contributed by atoms with Gasteiger partial charge in [0.25, 0.3) is 5.91 Å². The highest BCUT2D eigenvalue weighted by Crippen LogP contribution is 2.37. The second-order valence-corrected chi connectivity index (χ2v) is 7.20. The van der Waals surface area contributed by atoms with Crippen molar-refractivity contribution >= 4 is 29.3 Å². The lowest BCUT2D eigenvalue weighted by atomic mass is 9.97. The van der Waals surface area contributed by atoms with Gasteiger partial charge >= 0.3 is 0 Å². The molecule has 0 radical (unpaired) electrons. The molecule has 0 unspecified atom stereocenters. The van der Waals surface area contributed by atoms with E-state index in [-0.39, 0.29) is 17.7 Å². The summed E-state index contributed by atoms with van der Waals surface area (Å²) in [6.45, 7) is 0. The fourth-order valence-electron chi connectivity index (χ4n) is 3.35. The summed E-state index contributed by atoms with van der Waals surface area (Å²) in [5.74, 6) is -0.0963. The number of hydrogen-bond donors (Lipinski definition) is 1. The largest absolute Gasteiger partial charge is 0.508 e. The van der Waals surface area contributed by atoms with Crippen LogP contribution in [-0.2, 0) is 4.79 Å². The van der Waals surface area contributed by atoms with Gasteiger partial charge in [-0.3, -0.25) is 4.79 Å². The quantitative estimate of drug-likeness (QED) is 0.591. The molecule has 4 rings (SSSR count). The minimum absolute atomic E-state index is 0.148. The number of benzene rings is 3. The highest BCUT2D eigenvalue weighted by Gasteiger charge is 2.33. The van der Waals surface area contributed by atoms with Gasteiger partial charge in [-0.25, -0.2) is 5.01 Å². The molecule has 0 saturated heterocycles. The van der Waals surface area contributed by atoms with Crippen molar-refractivity contribution in [3.8, 4) is 5.75 Å². The van der Waals surface area contributed by atoms with Gasteiger partial charge in [0.15, 0.2) is 0 Å². The van der Waals surface area contributed by atoms with Gasteiger partial charge in [0, 0.05) is 23.1 Å². The van der Waals surface area contributed by atoms with Gasteiger partial charge in [-0.2, -0.15) is 5.10 Å². The van der Waals surface area contributed by atoms with Crippen molar-refractivity contribution in [1.29, 1.82) is 0 Å². The summed E-state index contributed by atoms with van der Waals surface area (Å²) in [5, 5.41) is 17.0. The Balaban J connectivity index is 1.67. The molecule has 29 heavy (non-hydrogen) atoms. The molecular formula is C24H19ClN2O2.